The fraction of sp³-hybridized carbons (Fsp3) is 0.462. The molecule has 0 aliphatic rings. The number of carbonyl (C=O) groups is 1. The minimum absolute atomic E-state index is 0.0255. The summed E-state index contributed by atoms with van der Waals surface area (Å²) in [5, 5.41) is 18.1. The Morgan fingerprint density at radius 3 is 2.71 bits per heavy atom. The number of benzene rings is 1. The smallest absolute Gasteiger partial charge is 0.306 e. The summed E-state index contributed by atoms with van der Waals surface area (Å²) in [4.78, 5) is 10.7. The predicted octanol–water partition coefficient (Wildman–Crippen LogP) is 2.20. The van der Waals surface area contributed by atoms with Crippen LogP contribution in [-0.2, 0) is 16.0 Å². The number of ether oxygens (including phenoxy) is 1. The van der Waals surface area contributed by atoms with Crippen molar-refractivity contribution < 1.29 is 19.7 Å². The molecule has 1 aromatic carbocycles. The number of aryl methyl sites for hydroxylation is 1. The Labute approximate surface area is 101 Å². The number of hydrogen-bond acceptors (Lipinski definition) is 3. The molecule has 0 radical (unpaired) electrons. The third-order valence-corrected chi connectivity index (χ3v) is 2.87. The zero-order valence-electron chi connectivity index (χ0n) is 10.1. The summed E-state index contributed by atoms with van der Waals surface area (Å²) < 4.78 is 5.26. The fourth-order valence-corrected chi connectivity index (χ4v) is 1.70. The largest absolute Gasteiger partial charge is 0.508 e. The lowest BCUT2D eigenvalue weighted by molar-refractivity contribution is -0.143. The van der Waals surface area contributed by atoms with E-state index in [1.165, 1.54) is 7.11 Å². The summed E-state index contributed by atoms with van der Waals surface area (Å²) in [7, 11) is 1.52. The Balaban J connectivity index is 2.61. The highest BCUT2D eigenvalue weighted by Crippen LogP contribution is 2.23. The zero-order valence-corrected chi connectivity index (χ0v) is 10.1. The Morgan fingerprint density at radius 1 is 1.47 bits per heavy atom. The Bertz CT molecular complexity index is 389. The number of carboxylic acids is 1. The molecule has 2 N–H and O–H groups in total. The van der Waals surface area contributed by atoms with Crippen LogP contribution >= 0.6 is 0 Å². The SMILES string of the molecule is COC(C)(CCc1cccc(O)c1)CC(=O)O. The van der Waals surface area contributed by atoms with Crippen molar-refractivity contribution in [2.45, 2.75) is 31.8 Å². The average molecular weight is 238 g/mol. The van der Waals surface area contributed by atoms with Gasteiger partial charge in [0.05, 0.1) is 12.0 Å². The van der Waals surface area contributed by atoms with E-state index in [9.17, 15) is 9.90 Å². The van der Waals surface area contributed by atoms with Gasteiger partial charge in [0.2, 0.25) is 0 Å². The maximum Gasteiger partial charge on any atom is 0.306 e. The van der Waals surface area contributed by atoms with Crippen LogP contribution in [0.25, 0.3) is 0 Å². The number of methoxy groups -OCH3 is 1. The van der Waals surface area contributed by atoms with Crippen LogP contribution < -0.4 is 0 Å². The molecule has 1 unspecified atom stereocenters. The van der Waals surface area contributed by atoms with Crippen LogP contribution in [0.15, 0.2) is 24.3 Å². The molecule has 0 spiro atoms. The first-order chi connectivity index (χ1) is 7.95. The van der Waals surface area contributed by atoms with Crippen LogP contribution in [0.4, 0.5) is 0 Å². The number of hydrogen-bond donors (Lipinski definition) is 2. The third-order valence-electron chi connectivity index (χ3n) is 2.87. The summed E-state index contributed by atoms with van der Waals surface area (Å²) in [6.45, 7) is 1.78. The summed E-state index contributed by atoms with van der Waals surface area (Å²) in [5.41, 5.74) is 0.302. The lowest BCUT2D eigenvalue weighted by Gasteiger charge is -2.26. The van der Waals surface area contributed by atoms with Gasteiger partial charge >= 0.3 is 5.97 Å². The van der Waals surface area contributed by atoms with Gasteiger partial charge in [-0.2, -0.15) is 0 Å². The maximum atomic E-state index is 10.7. The minimum atomic E-state index is -0.870. The van der Waals surface area contributed by atoms with Gasteiger partial charge in [0, 0.05) is 7.11 Å². The number of aromatic hydroxyl groups is 1. The van der Waals surface area contributed by atoms with E-state index in [0.717, 1.165) is 5.56 Å². The van der Waals surface area contributed by atoms with Gasteiger partial charge in [-0.05, 0) is 37.5 Å². The van der Waals surface area contributed by atoms with Crippen molar-refractivity contribution in [1.29, 1.82) is 0 Å². The first-order valence-corrected chi connectivity index (χ1v) is 5.50. The quantitative estimate of drug-likeness (QED) is 0.797. The second-order valence-corrected chi connectivity index (χ2v) is 4.39. The number of phenols is 1. The van der Waals surface area contributed by atoms with Crippen LogP contribution in [0.3, 0.4) is 0 Å². The molecular formula is C13H18O4. The van der Waals surface area contributed by atoms with Crippen molar-refractivity contribution in [2.75, 3.05) is 7.11 Å². The second kappa shape index (κ2) is 5.68. The molecule has 0 aliphatic heterocycles. The van der Waals surface area contributed by atoms with Crippen LogP contribution in [0.2, 0.25) is 0 Å². The lowest BCUT2D eigenvalue weighted by Crippen LogP contribution is -2.31. The molecule has 1 aromatic rings. The molecule has 0 heterocycles. The second-order valence-electron chi connectivity index (χ2n) is 4.39. The molecule has 0 saturated carbocycles. The molecule has 94 valence electrons. The van der Waals surface area contributed by atoms with Crippen molar-refractivity contribution in [3.8, 4) is 5.75 Å². The summed E-state index contributed by atoms with van der Waals surface area (Å²) in [5.74, 6) is -0.648. The molecule has 1 rings (SSSR count). The summed E-state index contributed by atoms with van der Waals surface area (Å²) in [6, 6.07) is 6.95. The molecule has 0 aliphatic carbocycles. The van der Waals surface area contributed by atoms with Gasteiger partial charge in [0.25, 0.3) is 0 Å². The van der Waals surface area contributed by atoms with Crippen molar-refractivity contribution in [3.05, 3.63) is 29.8 Å². The molecule has 0 bridgehead atoms. The number of phenolic OH excluding ortho intramolecular Hbond substituents is 1. The van der Waals surface area contributed by atoms with E-state index in [1.807, 2.05) is 6.07 Å². The summed E-state index contributed by atoms with van der Waals surface area (Å²) in [6.07, 6.45) is 1.24. The topological polar surface area (TPSA) is 66.8 Å². The molecule has 0 aromatic heterocycles. The van der Waals surface area contributed by atoms with Gasteiger partial charge in [0.1, 0.15) is 5.75 Å². The van der Waals surface area contributed by atoms with Gasteiger partial charge < -0.3 is 14.9 Å². The van der Waals surface area contributed by atoms with Gasteiger partial charge in [-0.25, -0.2) is 0 Å². The zero-order chi connectivity index (χ0) is 12.9. The van der Waals surface area contributed by atoms with E-state index in [4.69, 9.17) is 9.84 Å². The number of rotatable bonds is 6. The predicted molar refractivity (Wildman–Crippen MR) is 64.1 cm³/mol. The minimum Gasteiger partial charge on any atom is -0.508 e. The molecule has 4 heteroatoms. The lowest BCUT2D eigenvalue weighted by atomic mass is 9.93. The first-order valence-electron chi connectivity index (χ1n) is 5.50. The Morgan fingerprint density at radius 2 is 2.18 bits per heavy atom. The van der Waals surface area contributed by atoms with Crippen molar-refractivity contribution in [1.82, 2.24) is 0 Å². The van der Waals surface area contributed by atoms with Crippen LogP contribution in [-0.4, -0.2) is 28.9 Å². The normalized spacial score (nSPS) is 14.2. The summed E-state index contributed by atoms with van der Waals surface area (Å²) >= 11 is 0. The van der Waals surface area contributed by atoms with Crippen molar-refractivity contribution >= 4 is 5.97 Å². The van der Waals surface area contributed by atoms with Crippen molar-refractivity contribution in [2.24, 2.45) is 0 Å². The average Bonchev–Trinajstić information content (AvgIpc) is 2.26. The molecule has 17 heavy (non-hydrogen) atoms. The van der Waals surface area contributed by atoms with Crippen molar-refractivity contribution in [3.63, 3.8) is 0 Å². The highest BCUT2D eigenvalue weighted by Gasteiger charge is 2.26. The van der Waals surface area contributed by atoms with Crippen LogP contribution in [0.1, 0.15) is 25.3 Å². The highest BCUT2D eigenvalue weighted by molar-refractivity contribution is 5.68. The van der Waals surface area contributed by atoms with Gasteiger partial charge in [-0.15, -0.1) is 0 Å². The molecule has 4 nitrogen and oxygen atoms in total. The van der Waals surface area contributed by atoms with Gasteiger partial charge in [-0.1, -0.05) is 12.1 Å². The molecular weight excluding hydrogens is 220 g/mol. The van der Waals surface area contributed by atoms with E-state index >= 15 is 0 Å². The van der Waals surface area contributed by atoms with Crippen LogP contribution in [0.5, 0.6) is 5.75 Å². The van der Waals surface area contributed by atoms with E-state index in [2.05, 4.69) is 0 Å². The van der Waals surface area contributed by atoms with E-state index in [0.29, 0.717) is 12.8 Å². The Kier molecular flexibility index (Phi) is 4.52. The number of aliphatic carboxylic acids is 1. The number of carboxylic acid groups (broad SMARTS) is 1. The fourth-order valence-electron chi connectivity index (χ4n) is 1.70. The molecule has 0 saturated heterocycles. The molecule has 0 amide bonds. The standard InChI is InChI=1S/C13H18O4/c1-13(17-2,9-12(15)16)7-6-10-4-3-5-11(14)8-10/h3-5,8,14H,6-7,9H2,1-2H3,(H,15,16). The first kappa shape index (κ1) is 13.5. The van der Waals surface area contributed by atoms with E-state index in [-0.39, 0.29) is 12.2 Å². The Hall–Kier alpha value is -1.55. The maximum absolute atomic E-state index is 10.7. The van der Waals surface area contributed by atoms with Gasteiger partial charge in [0.15, 0.2) is 0 Å². The third kappa shape index (κ3) is 4.44. The van der Waals surface area contributed by atoms with E-state index in [1.54, 1.807) is 25.1 Å². The molecule has 0 fully saturated rings. The monoisotopic (exact) mass is 238 g/mol. The van der Waals surface area contributed by atoms with Crippen LogP contribution in [0, 0.1) is 0 Å². The van der Waals surface area contributed by atoms with Gasteiger partial charge in [-0.3, -0.25) is 4.79 Å². The highest BCUT2D eigenvalue weighted by atomic mass is 16.5. The molecule has 1 atom stereocenters. The van der Waals surface area contributed by atoms with E-state index < -0.39 is 11.6 Å².